The third kappa shape index (κ3) is 3.13. The van der Waals surface area contributed by atoms with Crippen molar-refractivity contribution in [3.05, 3.63) is 12.3 Å². The van der Waals surface area contributed by atoms with Gasteiger partial charge in [-0.25, -0.2) is 4.79 Å². The highest BCUT2D eigenvalue weighted by molar-refractivity contribution is 5.34. The van der Waals surface area contributed by atoms with Crippen LogP contribution in [0.1, 0.15) is 26.2 Å². The van der Waals surface area contributed by atoms with Gasteiger partial charge in [-0.3, -0.25) is 4.90 Å². The van der Waals surface area contributed by atoms with E-state index in [0.717, 1.165) is 13.1 Å². The Morgan fingerprint density at radius 1 is 1.62 bits per heavy atom. The summed E-state index contributed by atoms with van der Waals surface area (Å²) in [4.78, 5) is 15.7. The van der Waals surface area contributed by atoms with E-state index >= 15 is 0 Å². The van der Waals surface area contributed by atoms with Crippen LogP contribution < -0.4 is 0 Å². The number of nitrogens with zero attached hydrogens (tertiary/aromatic N) is 2. The maximum Gasteiger partial charge on any atom is 0.239 e. The highest BCUT2D eigenvalue weighted by Crippen LogP contribution is 2.17. The predicted octanol–water partition coefficient (Wildman–Crippen LogP) is 1.71. The second-order valence-electron chi connectivity index (χ2n) is 3.25. The van der Waals surface area contributed by atoms with Crippen molar-refractivity contribution >= 4 is 6.08 Å². The van der Waals surface area contributed by atoms with E-state index in [-0.39, 0.29) is 0 Å². The minimum Gasteiger partial charge on any atom is -0.297 e. The first-order valence-electron chi connectivity index (χ1n) is 4.86. The van der Waals surface area contributed by atoms with Crippen molar-refractivity contribution < 1.29 is 4.79 Å². The van der Waals surface area contributed by atoms with E-state index in [1.165, 1.54) is 25.3 Å². The van der Waals surface area contributed by atoms with E-state index in [2.05, 4.69) is 16.8 Å². The molecule has 1 rings (SSSR count). The second kappa shape index (κ2) is 5.68. The molecule has 13 heavy (non-hydrogen) atoms. The Morgan fingerprint density at radius 2 is 2.46 bits per heavy atom. The molecule has 1 saturated heterocycles. The van der Waals surface area contributed by atoms with E-state index in [9.17, 15) is 4.79 Å². The van der Waals surface area contributed by atoms with Gasteiger partial charge in [0.2, 0.25) is 6.08 Å². The monoisotopic (exact) mass is 180 g/mol. The minimum absolute atomic E-state index is 0.468. The normalized spacial score (nSPS) is 24.5. The first-order valence-corrected chi connectivity index (χ1v) is 4.86. The molecule has 3 heteroatoms. The number of carbonyl (C=O) groups excluding carboxylic acids is 1. The van der Waals surface area contributed by atoms with Crippen LogP contribution in [0.3, 0.4) is 0 Å². The fourth-order valence-electron chi connectivity index (χ4n) is 1.80. The van der Waals surface area contributed by atoms with Crippen LogP contribution in [0.4, 0.5) is 0 Å². The van der Waals surface area contributed by atoms with Crippen molar-refractivity contribution in [2.24, 2.45) is 4.99 Å². The highest BCUT2D eigenvalue weighted by Gasteiger charge is 2.17. The molecule has 0 spiro atoms. The Labute approximate surface area is 79.1 Å². The van der Waals surface area contributed by atoms with Crippen LogP contribution in [-0.4, -0.2) is 30.1 Å². The van der Waals surface area contributed by atoms with Gasteiger partial charge in [-0.2, -0.15) is 4.99 Å². The minimum atomic E-state index is 0.468. The lowest BCUT2D eigenvalue weighted by molar-refractivity contribution is 0.189. The van der Waals surface area contributed by atoms with Gasteiger partial charge in [-0.05, 0) is 32.0 Å². The van der Waals surface area contributed by atoms with E-state index in [1.807, 2.05) is 6.08 Å². The van der Waals surface area contributed by atoms with Gasteiger partial charge in [0, 0.05) is 12.2 Å². The molecule has 0 aliphatic carbocycles. The molecular weight excluding hydrogens is 164 g/mol. The summed E-state index contributed by atoms with van der Waals surface area (Å²) in [6.45, 7) is 4.39. The van der Waals surface area contributed by atoms with Crippen molar-refractivity contribution in [1.29, 1.82) is 0 Å². The lowest BCUT2D eigenvalue weighted by atomic mass is 10.0. The summed E-state index contributed by atoms with van der Waals surface area (Å²) in [5.41, 5.74) is 0. The average Bonchev–Trinajstić information content (AvgIpc) is 2.19. The summed E-state index contributed by atoms with van der Waals surface area (Å²) < 4.78 is 0. The Balaban J connectivity index is 2.48. The van der Waals surface area contributed by atoms with Gasteiger partial charge in [0.15, 0.2) is 0 Å². The van der Waals surface area contributed by atoms with Crippen LogP contribution in [0, 0.1) is 0 Å². The molecule has 3 nitrogen and oxygen atoms in total. The standard InChI is InChI=1S/C10H16N2O/c1-2-12-8-4-3-5-10(12)6-7-11-9-13/h6-7,10H,2-5,8H2,1H3/b7-6-. The molecule has 1 fully saturated rings. The number of hydrogen-bond acceptors (Lipinski definition) is 3. The van der Waals surface area contributed by atoms with Gasteiger partial charge in [0.25, 0.3) is 0 Å². The Kier molecular flexibility index (Phi) is 4.44. The number of aliphatic imine (C=N–C) groups is 1. The second-order valence-corrected chi connectivity index (χ2v) is 3.25. The number of hydrogen-bond donors (Lipinski definition) is 0. The van der Waals surface area contributed by atoms with E-state index in [1.54, 1.807) is 6.20 Å². The first kappa shape index (κ1) is 10.2. The zero-order valence-corrected chi connectivity index (χ0v) is 8.07. The molecule has 1 aliphatic heterocycles. The van der Waals surface area contributed by atoms with E-state index in [0.29, 0.717) is 6.04 Å². The zero-order valence-electron chi connectivity index (χ0n) is 8.07. The first-order chi connectivity index (χ1) is 6.38. The number of isocyanates is 1. The number of likely N-dealkylation sites (tertiary alicyclic amines) is 1. The fraction of sp³-hybridized carbons (Fsp3) is 0.700. The van der Waals surface area contributed by atoms with Crippen LogP contribution in [0.15, 0.2) is 17.3 Å². The molecule has 1 atom stereocenters. The van der Waals surface area contributed by atoms with Crippen molar-refractivity contribution in [3.63, 3.8) is 0 Å². The molecule has 0 aromatic rings. The van der Waals surface area contributed by atoms with Crippen LogP contribution in [0.5, 0.6) is 0 Å². The highest BCUT2D eigenvalue weighted by atomic mass is 16.1. The molecule has 0 aromatic heterocycles. The van der Waals surface area contributed by atoms with Crippen LogP contribution in [-0.2, 0) is 4.79 Å². The van der Waals surface area contributed by atoms with Gasteiger partial charge in [0.05, 0.1) is 0 Å². The van der Waals surface area contributed by atoms with Crippen molar-refractivity contribution in [1.82, 2.24) is 4.90 Å². The smallest absolute Gasteiger partial charge is 0.239 e. The third-order valence-corrected chi connectivity index (χ3v) is 2.51. The van der Waals surface area contributed by atoms with Gasteiger partial charge in [-0.15, -0.1) is 0 Å². The van der Waals surface area contributed by atoms with Gasteiger partial charge in [-0.1, -0.05) is 13.3 Å². The number of likely N-dealkylation sites (N-methyl/N-ethyl adjacent to an activating group) is 1. The fourth-order valence-corrected chi connectivity index (χ4v) is 1.80. The topological polar surface area (TPSA) is 32.7 Å². The molecule has 0 bridgehead atoms. The third-order valence-electron chi connectivity index (χ3n) is 2.51. The van der Waals surface area contributed by atoms with Crippen molar-refractivity contribution in [2.45, 2.75) is 32.2 Å². The molecule has 1 heterocycles. The van der Waals surface area contributed by atoms with Gasteiger partial charge < -0.3 is 0 Å². The van der Waals surface area contributed by atoms with E-state index in [4.69, 9.17) is 0 Å². The molecule has 0 amide bonds. The molecule has 1 unspecified atom stereocenters. The molecular formula is C10H16N2O. The van der Waals surface area contributed by atoms with Crippen LogP contribution in [0.2, 0.25) is 0 Å². The lowest BCUT2D eigenvalue weighted by Gasteiger charge is -2.32. The molecule has 72 valence electrons. The molecule has 0 aromatic carbocycles. The summed E-state index contributed by atoms with van der Waals surface area (Å²) in [5, 5.41) is 0. The summed E-state index contributed by atoms with van der Waals surface area (Å²) in [6, 6.07) is 0.468. The predicted molar refractivity (Wildman–Crippen MR) is 52.1 cm³/mol. The number of piperidine rings is 1. The largest absolute Gasteiger partial charge is 0.297 e. The Hall–Kier alpha value is -0.920. The Bertz CT molecular complexity index is 219. The summed E-state index contributed by atoms with van der Waals surface area (Å²) >= 11 is 0. The average molecular weight is 180 g/mol. The molecule has 0 N–H and O–H groups in total. The number of rotatable bonds is 3. The molecule has 0 radical (unpaired) electrons. The molecule has 1 aliphatic rings. The quantitative estimate of drug-likeness (QED) is 0.489. The van der Waals surface area contributed by atoms with Gasteiger partial charge >= 0.3 is 0 Å². The SMILES string of the molecule is CCN1CCCCC1/C=C\N=C=O. The zero-order chi connectivity index (χ0) is 9.52. The van der Waals surface area contributed by atoms with Crippen molar-refractivity contribution in [2.75, 3.05) is 13.1 Å². The van der Waals surface area contributed by atoms with Crippen LogP contribution >= 0.6 is 0 Å². The van der Waals surface area contributed by atoms with Crippen LogP contribution in [0.25, 0.3) is 0 Å². The van der Waals surface area contributed by atoms with Gasteiger partial charge in [0.1, 0.15) is 0 Å². The summed E-state index contributed by atoms with van der Waals surface area (Å²) in [7, 11) is 0. The maximum absolute atomic E-state index is 9.84. The molecule has 0 saturated carbocycles. The van der Waals surface area contributed by atoms with Crippen molar-refractivity contribution in [3.8, 4) is 0 Å². The maximum atomic E-state index is 9.84. The lowest BCUT2D eigenvalue weighted by Crippen LogP contribution is -2.37. The summed E-state index contributed by atoms with van der Waals surface area (Å²) in [6.07, 6.45) is 8.80. The summed E-state index contributed by atoms with van der Waals surface area (Å²) in [5.74, 6) is 0. The Morgan fingerprint density at radius 3 is 3.15 bits per heavy atom. The van der Waals surface area contributed by atoms with E-state index < -0.39 is 0 Å².